The zero-order chi connectivity index (χ0) is 19.3. The van der Waals surface area contributed by atoms with Gasteiger partial charge in [-0.05, 0) is 37.0 Å². The van der Waals surface area contributed by atoms with Crippen LogP contribution in [-0.2, 0) is 11.3 Å². The van der Waals surface area contributed by atoms with Gasteiger partial charge in [-0.2, -0.15) is 0 Å². The number of aromatic nitrogens is 2. The van der Waals surface area contributed by atoms with E-state index in [4.69, 9.17) is 4.74 Å². The smallest absolute Gasteiger partial charge is 0.254 e. The molecule has 2 aromatic carbocycles. The monoisotopic (exact) mass is 375 g/mol. The van der Waals surface area contributed by atoms with Gasteiger partial charge in [0.1, 0.15) is 5.82 Å². The number of carbonyl (C=O) groups excluding carboxylic acids is 1. The Hall–Kier alpha value is -2.92. The topological polar surface area (TPSA) is 58.2 Å². The van der Waals surface area contributed by atoms with E-state index in [1.807, 2.05) is 41.3 Å². The van der Waals surface area contributed by atoms with Gasteiger partial charge >= 0.3 is 0 Å². The van der Waals surface area contributed by atoms with Crippen molar-refractivity contribution in [1.29, 1.82) is 0 Å². The van der Waals surface area contributed by atoms with Crippen LogP contribution >= 0.6 is 0 Å². The molecule has 0 unspecified atom stereocenters. The Balaban J connectivity index is 1.66. The molecule has 144 valence electrons. The number of hydrogen-bond donors (Lipinski definition) is 1. The van der Waals surface area contributed by atoms with E-state index in [0.717, 1.165) is 30.6 Å². The summed E-state index contributed by atoms with van der Waals surface area (Å²) in [6, 6.07) is 15.9. The third-order valence-electron chi connectivity index (χ3n) is 5.27. The van der Waals surface area contributed by atoms with Crippen molar-refractivity contribution in [2.75, 3.05) is 13.2 Å². The highest BCUT2D eigenvalue weighted by Gasteiger charge is 2.26. The Morgan fingerprint density at radius 3 is 2.79 bits per heavy atom. The number of benzene rings is 2. The largest absolute Gasteiger partial charge is 0.376 e. The van der Waals surface area contributed by atoms with E-state index >= 15 is 0 Å². The van der Waals surface area contributed by atoms with Gasteiger partial charge in [-0.3, -0.25) is 4.79 Å². The first kappa shape index (κ1) is 18.4. The summed E-state index contributed by atoms with van der Waals surface area (Å²) in [6.07, 6.45) is 5.63. The maximum Gasteiger partial charge on any atom is 0.254 e. The van der Waals surface area contributed by atoms with Crippen LogP contribution in [0.3, 0.4) is 0 Å². The maximum absolute atomic E-state index is 13.6. The summed E-state index contributed by atoms with van der Waals surface area (Å²) >= 11 is 0. The predicted molar refractivity (Wildman–Crippen MR) is 109 cm³/mol. The molecule has 0 bridgehead atoms. The van der Waals surface area contributed by atoms with E-state index in [1.54, 1.807) is 12.4 Å². The third-order valence-corrected chi connectivity index (χ3v) is 5.27. The summed E-state index contributed by atoms with van der Waals surface area (Å²) in [5.74, 6) is 0.711. The van der Waals surface area contributed by atoms with Crippen molar-refractivity contribution < 1.29 is 9.53 Å². The Kier molecular flexibility index (Phi) is 5.53. The minimum Gasteiger partial charge on any atom is -0.376 e. The second kappa shape index (κ2) is 8.40. The van der Waals surface area contributed by atoms with Crippen molar-refractivity contribution in [3.63, 3.8) is 0 Å². The number of rotatable bonds is 6. The Labute approximate surface area is 165 Å². The van der Waals surface area contributed by atoms with Gasteiger partial charge in [0.15, 0.2) is 0 Å². The number of aromatic amines is 1. The van der Waals surface area contributed by atoms with Crippen LogP contribution in [0.4, 0.5) is 0 Å². The summed E-state index contributed by atoms with van der Waals surface area (Å²) < 4.78 is 5.83. The molecule has 0 spiro atoms. The lowest BCUT2D eigenvalue weighted by Gasteiger charge is -2.27. The predicted octanol–water partition coefficient (Wildman–Crippen LogP) is 4.21. The average molecular weight is 375 g/mol. The molecule has 2 heterocycles. The molecule has 5 heteroatoms. The molecule has 1 aliphatic rings. The molecule has 4 rings (SSSR count). The van der Waals surface area contributed by atoms with Gasteiger partial charge in [0, 0.05) is 37.7 Å². The van der Waals surface area contributed by atoms with Gasteiger partial charge in [-0.15, -0.1) is 0 Å². The highest BCUT2D eigenvalue weighted by atomic mass is 16.5. The zero-order valence-electron chi connectivity index (χ0n) is 16.1. The third kappa shape index (κ3) is 3.99. The molecular weight excluding hydrogens is 350 g/mol. The summed E-state index contributed by atoms with van der Waals surface area (Å²) in [5, 5.41) is 0. The molecule has 1 fully saturated rings. The quantitative estimate of drug-likeness (QED) is 0.702. The van der Waals surface area contributed by atoms with Crippen LogP contribution in [0.15, 0.2) is 60.9 Å². The molecule has 0 radical (unpaired) electrons. The fraction of sp³-hybridized carbons (Fsp3) is 0.304. The van der Waals surface area contributed by atoms with Gasteiger partial charge in [0.2, 0.25) is 0 Å². The number of ether oxygens (including phenoxy) is 1. The van der Waals surface area contributed by atoms with E-state index in [1.165, 1.54) is 5.56 Å². The first-order valence-electron chi connectivity index (χ1n) is 9.76. The van der Waals surface area contributed by atoms with Crippen LogP contribution in [-0.4, -0.2) is 40.0 Å². The summed E-state index contributed by atoms with van der Waals surface area (Å²) in [4.78, 5) is 23.0. The maximum atomic E-state index is 13.6. The SMILES string of the molecule is Cc1ccccc1CN(C[C@H]1CCCO1)C(=O)c1ccccc1-c1ncc[nH]1. The second-order valence-corrected chi connectivity index (χ2v) is 7.23. The van der Waals surface area contributed by atoms with Crippen LogP contribution in [0.2, 0.25) is 0 Å². The van der Waals surface area contributed by atoms with Crippen LogP contribution in [0, 0.1) is 6.92 Å². The van der Waals surface area contributed by atoms with Crippen LogP contribution in [0.25, 0.3) is 11.4 Å². The van der Waals surface area contributed by atoms with Crippen molar-refractivity contribution in [2.45, 2.75) is 32.4 Å². The van der Waals surface area contributed by atoms with Crippen molar-refractivity contribution in [1.82, 2.24) is 14.9 Å². The van der Waals surface area contributed by atoms with Gasteiger partial charge in [-0.1, -0.05) is 42.5 Å². The summed E-state index contributed by atoms with van der Waals surface area (Å²) in [6.45, 7) is 4.03. The van der Waals surface area contributed by atoms with Gasteiger partial charge in [0.05, 0.1) is 11.7 Å². The fourth-order valence-corrected chi connectivity index (χ4v) is 3.71. The van der Waals surface area contributed by atoms with E-state index in [2.05, 4.69) is 29.0 Å². The normalized spacial score (nSPS) is 16.2. The number of imidazole rings is 1. The summed E-state index contributed by atoms with van der Waals surface area (Å²) in [7, 11) is 0. The van der Waals surface area contributed by atoms with Crippen molar-refractivity contribution in [3.05, 3.63) is 77.6 Å². The second-order valence-electron chi connectivity index (χ2n) is 7.23. The standard InChI is InChI=1S/C23H25N3O2/c1-17-7-2-3-8-18(17)15-26(16-19-9-6-14-28-19)23(27)21-11-5-4-10-20(21)22-24-12-13-25-22/h2-5,7-8,10-13,19H,6,9,14-16H2,1H3,(H,24,25)/t19-/m1/s1. The highest BCUT2D eigenvalue weighted by molar-refractivity contribution is 6.00. The lowest BCUT2D eigenvalue weighted by atomic mass is 10.0. The lowest BCUT2D eigenvalue weighted by molar-refractivity contribution is 0.0507. The Morgan fingerprint density at radius 2 is 2.04 bits per heavy atom. The molecule has 1 N–H and O–H groups in total. The number of hydrogen-bond acceptors (Lipinski definition) is 3. The lowest BCUT2D eigenvalue weighted by Crippen LogP contribution is -2.37. The molecule has 1 aliphatic heterocycles. The number of aryl methyl sites for hydroxylation is 1. The van der Waals surface area contributed by atoms with Crippen molar-refractivity contribution >= 4 is 5.91 Å². The molecule has 0 saturated carbocycles. The first-order valence-corrected chi connectivity index (χ1v) is 9.76. The Morgan fingerprint density at radius 1 is 1.21 bits per heavy atom. The molecule has 0 aliphatic carbocycles. The number of carbonyl (C=O) groups is 1. The van der Waals surface area contributed by atoms with E-state index in [9.17, 15) is 4.79 Å². The molecule has 5 nitrogen and oxygen atoms in total. The number of amides is 1. The van der Waals surface area contributed by atoms with Crippen LogP contribution in [0.1, 0.15) is 34.3 Å². The van der Waals surface area contributed by atoms with Crippen molar-refractivity contribution in [3.8, 4) is 11.4 Å². The molecule has 1 aromatic heterocycles. The number of H-pyrrole nitrogens is 1. The van der Waals surface area contributed by atoms with Gasteiger partial charge in [-0.25, -0.2) is 4.98 Å². The zero-order valence-corrected chi connectivity index (χ0v) is 16.1. The van der Waals surface area contributed by atoms with Crippen LogP contribution < -0.4 is 0 Å². The first-order chi connectivity index (χ1) is 13.7. The van der Waals surface area contributed by atoms with E-state index in [-0.39, 0.29) is 12.0 Å². The average Bonchev–Trinajstić information content (AvgIpc) is 3.43. The van der Waals surface area contributed by atoms with Gasteiger partial charge < -0.3 is 14.6 Å². The number of nitrogens with zero attached hydrogens (tertiary/aromatic N) is 2. The van der Waals surface area contributed by atoms with Crippen LogP contribution in [0.5, 0.6) is 0 Å². The highest BCUT2D eigenvalue weighted by Crippen LogP contribution is 2.24. The minimum absolute atomic E-state index is 0.00533. The van der Waals surface area contributed by atoms with E-state index in [0.29, 0.717) is 24.5 Å². The minimum atomic E-state index is 0.00533. The van der Waals surface area contributed by atoms with E-state index < -0.39 is 0 Å². The fourth-order valence-electron chi connectivity index (χ4n) is 3.71. The number of nitrogens with one attached hydrogen (secondary N) is 1. The van der Waals surface area contributed by atoms with Gasteiger partial charge in [0.25, 0.3) is 5.91 Å². The molecule has 1 atom stereocenters. The molecule has 1 amide bonds. The molecule has 3 aromatic rings. The Bertz CT molecular complexity index is 931. The van der Waals surface area contributed by atoms with Crippen molar-refractivity contribution in [2.24, 2.45) is 0 Å². The summed E-state index contributed by atoms with van der Waals surface area (Å²) in [5.41, 5.74) is 3.82. The molecule has 28 heavy (non-hydrogen) atoms. The molecule has 1 saturated heterocycles. The molecular formula is C23H25N3O2.